The van der Waals surface area contributed by atoms with E-state index in [1.807, 2.05) is 30.3 Å². The van der Waals surface area contributed by atoms with Crippen LogP contribution in [0.4, 0.5) is 5.13 Å². The maximum Gasteiger partial charge on any atom is 0.350 e. The zero-order valence-electron chi connectivity index (χ0n) is 21.2. The maximum atomic E-state index is 13.5. The van der Waals surface area contributed by atoms with E-state index in [0.29, 0.717) is 28.3 Å². The Labute approximate surface area is 228 Å². The molecule has 196 valence electrons. The summed E-state index contributed by atoms with van der Waals surface area (Å²) in [5, 5.41) is 11.4. The molecule has 4 aromatic rings. The molecule has 1 aromatic heterocycles. The number of para-hydroxylation sites is 1. The smallest absolute Gasteiger partial charge is 0.350 e. The number of carbonyl (C=O) groups is 3. The number of hydrogen-bond acceptors (Lipinski definition) is 8. The minimum Gasteiger partial charge on any atom is -0.507 e. The van der Waals surface area contributed by atoms with Crippen molar-refractivity contribution in [2.24, 2.45) is 0 Å². The number of rotatable bonds is 7. The van der Waals surface area contributed by atoms with Crippen molar-refractivity contribution in [3.63, 3.8) is 0 Å². The largest absolute Gasteiger partial charge is 0.507 e. The van der Waals surface area contributed by atoms with Gasteiger partial charge in [-0.1, -0.05) is 72.0 Å². The topological polar surface area (TPSA) is 106 Å². The first-order chi connectivity index (χ1) is 18.9. The van der Waals surface area contributed by atoms with Gasteiger partial charge in [0.1, 0.15) is 22.1 Å². The zero-order chi connectivity index (χ0) is 27.5. The number of anilines is 1. The Morgan fingerprint density at radius 1 is 0.974 bits per heavy atom. The number of aliphatic hydroxyl groups is 1. The number of carbonyl (C=O) groups excluding carboxylic acids is 3. The summed E-state index contributed by atoms with van der Waals surface area (Å²) >= 11 is 0.957. The molecule has 0 bridgehead atoms. The van der Waals surface area contributed by atoms with Gasteiger partial charge in [-0.3, -0.25) is 14.5 Å². The number of Topliss-reactive ketones (excluding diaryl/α,β-unsaturated/α-hetero) is 1. The van der Waals surface area contributed by atoms with Gasteiger partial charge < -0.3 is 14.6 Å². The summed E-state index contributed by atoms with van der Waals surface area (Å²) in [6.45, 7) is 3.51. The lowest BCUT2D eigenvalue weighted by atomic mass is 9.95. The summed E-state index contributed by atoms with van der Waals surface area (Å²) in [5.74, 6) is -1.50. The number of ether oxygens (including phenoxy) is 2. The third-order valence-electron chi connectivity index (χ3n) is 6.10. The fraction of sp³-hybridized carbons (Fsp3) is 0.133. The second-order valence-corrected chi connectivity index (χ2v) is 9.63. The number of thiazole rings is 1. The molecule has 3 aromatic carbocycles. The third-order valence-corrected chi connectivity index (χ3v) is 7.23. The highest BCUT2D eigenvalue weighted by Gasteiger charge is 2.48. The molecule has 1 unspecified atom stereocenters. The number of aryl methyl sites for hydroxylation is 1. The quantitative estimate of drug-likeness (QED) is 0.132. The summed E-state index contributed by atoms with van der Waals surface area (Å²) in [6.07, 6.45) is 0. The van der Waals surface area contributed by atoms with Crippen molar-refractivity contribution in [3.8, 4) is 11.5 Å². The molecule has 0 aliphatic carbocycles. The lowest BCUT2D eigenvalue weighted by Crippen LogP contribution is -2.29. The minimum absolute atomic E-state index is 0.0893. The van der Waals surface area contributed by atoms with Crippen LogP contribution in [0.15, 0.2) is 90.5 Å². The Kier molecular flexibility index (Phi) is 7.25. The summed E-state index contributed by atoms with van der Waals surface area (Å²) in [7, 11) is 0. The molecule has 1 amide bonds. The van der Waals surface area contributed by atoms with Crippen molar-refractivity contribution in [1.82, 2.24) is 4.98 Å². The summed E-state index contributed by atoms with van der Waals surface area (Å²) < 4.78 is 11.1. The third kappa shape index (κ3) is 5.04. The molecule has 2 heterocycles. The molecule has 1 aliphatic rings. The van der Waals surface area contributed by atoms with Crippen LogP contribution < -0.4 is 9.64 Å². The van der Waals surface area contributed by atoms with Gasteiger partial charge in [-0.05, 0) is 43.7 Å². The Morgan fingerprint density at radius 2 is 1.64 bits per heavy atom. The van der Waals surface area contributed by atoms with Crippen LogP contribution in [0.5, 0.6) is 11.5 Å². The van der Waals surface area contributed by atoms with Gasteiger partial charge in [-0.2, -0.15) is 0 Å². The minimum atomic E-state index is -1.02. The number of amides is 1. The van der Waals surface area contributed by atoms with Crippen LogP contribution in [0.1, 0.15) is 39.5 Å². The standard InChI is InChI=1S/C30H24N2O6S/c1-3-37-29(36)27-18(2)31-30(39-27)32-24(20-13-10-16-22(17-20)38-21-14-8-5-9-15-21)23(26(34)28(32)35)25(33)19-11-6-4-7-12-19/h4-17,24,33H,3H2,1-2H3/b25-23+. The first kappa shape index (κ1) is 25.9. The Balaban J connectivity index is 1.66. The highest BCUT2D eigenvalue weighted by Crippen LogP contribution is 2.44. The van der Waals surface area contributed by atoms with E-state index in [-0.39, 0.29) is 27.9 Å². The second kappa shape index (κ2) is 10.9. The molecule has 39 heavy (non-hydrogen) atoms. The molecule has 9 heteroatoms. The van der Waals surface area contributed by atoms with Crippen LogP contribution in [0.3, 0.4) is 0 Å². The first-order valence-corrected chi connectivity index (χ1v) is 13.0. The van der Waals surface area contributed by atoms with Gasteiger partial charge in [-0.15, -0.1) is 0 Å². The molecule has 0 spiro atoms. The number of aliphatic hydroxyl groups excluding tert-OH is 1. The van der Waals surface area contributed by atoms with Crippen LogP contribution in [0.2, 0.25) is 0 Å². The lowest BCUT2D eigenvalue weighted by Gasteiger charge is -2.23. The molecule has 0 radical (unpaired) electrons. The zero-order valence-corrected chi connectivity index (χ0v) is 22.0. The number of benzene rings is 3. The second-order valence-electron chi connectivity index (χ2n) is 8.65. The molecule has 8 nitrogen and oxygen atoms in total. The van der Waals surface area contributed by atoms with Gasteiger partial charge in [0.2, 0.25) is 0 Å². The summed E-state index contributed by atoms with van der Waals surface area (Å²) in [6, 6.07) is 23.7. The average Bonchev–Trinajstić information content (AvgIpc) is 3.46. The van der Waals surface area contributed by atoms with Crippen LogP contribution >= 0.6 is 11.3 Å². The predicted molar refractivity (Wildman–Crippen MR) is 147 cm³/mol. The summed E-state index contributed by atoms with van der Waals surface area (Å²) in [4.78, 5) is 45.3. The van der Waals surface area contributed by atoms with Gasteiger partial charge in [0, 0.05) is 5.56 Å². The normalized spacial score (nSPS) is 16.4. The molecule has 1 aliphatic heterocycles. The molecule has 1 saturated heterocycles. The van der Waals surface area contributed by atoms with Gasteiger partial charge in [0.15, 0.2) is 5.13 Å². The Hall–Kier alpha value is -4.76. The highest BCUT2D eigenvalue weighted by molar-refractivity contribution is 7.17. The predicted octanol–water partition coefficient (Wildman–Crippen LogP) is 6.05. The Morgan fingerprint density at radius 3 is 2.33 bits per heavy atom. The van der Waals surface area contributed by atoms with Crippen molar-refractivity contribution < 1.29 is 29.0 Å². The van der Waals surface area contributed by atoms with E-state index in [0.717, 1.165) is 11.3 Å². The van der Waals surface area contributed by atoms with E-state index in [1.165, 1.54) is 4.90 Å². The number of nitrogens with zero attached hydrogens (tertiary/aromatic N) is 2. The van der Waals surface area contributed by atoms with Gasteiger partial charge >= 0.3 is 11.9 Å². The van der Waals surface area contributed by atoms with E-state index in [2.05, 4.69) is 4.98 Å². The lowest BCUT2D eigenvalue weighted by molar-refractivity contribution is -0.132. The highest BCUT2D eigenvalue weighted by atomic mass is 32.1. The van der Waals surface area contributed by atoms with E-state index in [9.17, 15) is 19.5 Å². The van der Waals surface area contributed by atoms with Crippen LogP contribution in [-0.2, 0) is 14.3 Å². The molecule has 1 atom stereocenters. The first-order valence-electron chi connectivity index (χ1n) is 12.2. The molecule has 1 fully saturated rings. The van der Waals surface area contributed by atoms with Crippen molar-refractivity contribution >= 4 is 39.9 Å². The maximum absolute atomic E-state index is 13.5. The number of esters is 1. The van der Waals surface area contributed by atoms with Crippen LogP contribution in [0.25, 0.3) is 5.76 Å². The van der Waals surface area contributed by atoms with E-state index in [4.69, 9.17) is 9.47 Å². The molecule has 1 N–H and O–H groups in total. The SMILES string of the molecule is CCOC(=O)c1sc(N2C(=O)C(=O)/C(=C(/O)c3ccccc3)C2c2cccc(Oc3ccccc3)c2)nc1C. The van der Waals surface area contributed by atoms with Crippen molar-refractivity contribution in [2.45, 2.75) is 19.9 Å². The van der Waals surface area contributed by atoms with Gasteiger partial charge in [0.05, 0.1) is 23.9 Å². The van der Waals surface area contributed by atoms with Crippen molar-refractivity contribution in [2.75, 3.05) is 11.5 Å². The number of hydrogen-bond donors (Lipinski definition) is 1. The van der Waals surface area contributed by atoms with Crippen molar-refractivity contribution in [3.05, 3.63) is 112 Å². The van der Waals surface area contributed by atoms with Gasteiger partial charge in [0.25, 0.3) is 5.78 Å². The fourth-order valence-electron chi connectivity index (χ4n) is 4.34. The van der Waals surface area contributed by atoms with Crippen LogP contribution in [-0.4, -0.2) is 34.4 Å². The van der Waals surface area contributed by atoms with E-state index in [1.54, 1.807) is 68.4 Å². The molecular weight excluding hydrogens is 516 g/mol. The Bertz CT molecular complexity index is 1580. The monoisotopic (exact) mass is 540 g/mol. The van der Waals surface area contributed by atoms with Crippen LogP contribution in [0, 0.1) is 6.92 Å². The molecule has 0 saturated carbocycles. The van der Waals surface area contributed by atoms with Crippen molar-refractivity contribution in [1.29, 1.82) is 0 Å². The summed E-state index contributed by atoms with van der Waals surface area (Å²) in [5.41, 5.74) is 1.19. The van der Waals surface area contributed by atoms with E-state index < -0.39 is 23.7 Å². The van der Waals surface area contributed by atoms with E-state index >= 15 is 0 Å². The fourth-order valence-corrected chi connectivity index (χ4v) is 5.33. The number of aromatic nitrogens is 1. The molecular formula is C30H24N2O6S. The molecule has 5 rings (SSSR count). The van der Waals surface area contributed by atoms with Gasteiger partial charge in [-0.25, -0.2) is 9.78 Å². The number of ketones is 1. The average molecular weight is 541 g/mol.